The number of hydrogen-bond donors (Lipinski definition) is 1. The number of aryl methyl sites for hydroxylation is 1. The maximum absolute atomic E-state index is 5.59. The van der Waals surface area contributed by atoms with E-state index in [1.807, 2.05) is 18.3 Å². The summed E-state index contributed by atoms with van der Waals surface area (Å²) in [4.78, 5) is 18.6. The van der Waals surface area contributed by atoms with Gasteiger partial charge in [-0.25, -0.2) is 10.4 Å². The van der Waals surface area contributed by atoms with Gasteiger partial charge in [-0.05, 0) is 30.9 Å². The molecule has 1 N–H and O–H groups in total. The molecule has 2 aromatic rings. The van der Waals surface area contributed by atoms with E-state index < -0.39 is 0 Å². The molecule has 8 heteroatoms. The topological polar surface area (TPSA) is 78.2 Å². The molecule has 35 heavy (non-hydrogen) atoms. The molecule has 0 aliphatic carbocycles. The molecule has 1 saturated heterocycles. The molecule has 1 aromatic carbocycles. The smallest absolute Gasteiger partial charge is 0.245 e. The number of allylic oxidation sites excluding steroid dienone is 2. The largest absolute Gasteiger partial charge is 0.378 e. The minimum atomic E-state index is 0.400. The van der Waals surface area contributed by atoms with Crippen LogP contribution in [0, 0.1) is 12.8 Å². The highest BCUT2D eigenvalue weighted by molar-refractivity contribution is 5.80. The lowest BCUT2D eigenvalue weighted by atomic mass is 10.0. The Hall–Kier alpha value is -3.52. The fourth-order valence-corrected chi connectivity index (χ4v) is 4.39. The first-order valence-electron chi connectivity index (χ1n) is 12.3. The average molecular weight is 474 g/mol. The molecule has 1 unspecified atom stereocenters. The molecule has 2 aliphatic rings. The zero-order valence-corrected chi connectivity index (χ0v) is 20.9. The van der Waals surface area contributed by atoms with Crippen molar-refractivity contribution in [2.24, 2.45) is 16.0 Å². The number of anilines is 2. The fraction of sp³-hybridized carbons (Fsp3) is 0.407. The highest BCUT2D eigenvalue weighted by atomic mass is 16.5. The predicted molar refractivity (Wildman–Crippen MR) is 143 cm³/mol. The summed E-state index contributed by atoms with van der Waals surface area (Å²) in [6, 6.07) is 8.21. The van der Waals surface area contributed by atoms with Crippen molar-refractivity contribution in [3.8, 4) is 0 Å². The van der Waals surface area contributed by atoms with Crippen LogP contribution in [0.2, 0.25) is 0 Å². The van der Waals surface area contributed by atoms with Gasteiger partial charge in [0.15, 0.2) is 0 Å². The summed E-state index contributed by atoms with van der Waals surface area (Å²) in [6.07, 6.45) is 8.31. The van der Waals surface area contributed by atoms with Crippen molar-refractivity contribution in [2.75, 3.05) is 36.6 Å². The number of benzene rings is 1. The van der Waals surface area contributed by atoms with E-state index >= 15 is 0 Å². The van der Waals surface area contributed by atoms with Crippen LogP contribution in [0.4, 0.5) is 11.8 Å². The Morgan fingerprint density at radius 2 is 2.09 bits per heavy atom. The van der Waals surface area contributed by atoms with Crippen LogP contribution in [0.3, 0.4) is 0 Å². The summed E-state index contributed by atoms with van der Waals surface area (Å²) in [5, 5.41) is 4.42. The Labute approximate surface area is 208 Å². The Morgan fingerprint density at radius 1 is 1.26 bits per heavy atom. The second-order valence-electron chi connectivity index (χ2n) is 8.92. The molecular formula is C27H35N7O. The summed E-state index contributed by atoms with van der Waals surface area (Å²) in [5.74, 6) is 1.88. The Bertz CT molecular complexity index is 1120. The van der Waals surface area contributed by atoms with Crippen LogP contribution in [0.25, 0.3) is 0 Å². The summed E-state index contributed by atoms with van der Waals surface area (Å²) < 4.78 is 5.59. The van der Waals surface area contributed by atoms with E-state index in [1.54, 1.807) is 12.4 Å². The molecule has 184 valence electrons. The van der Waals surface area contributed by atoms with Gasteiger partial charge in [0.1, 0.15) is 5.82 Å². The predicted octanol–water partition coefficient (Wildman–Crippen LogP) is 4.53. The van der Waals surface area contributed by atoms with E-state index in [0.717, 1.165) is 49.7 Å². The molecule has 0 bridgehead atoms. The average Bonchev–Trinajstić information content (AvgIpc) is 3.30. The highest BCUT2D eigenvalue weighted by Gasteiger charge is 2.30. The van der Waals surface area contributed by atoms with Crippen molar-refractivity contribution in [2.45, 2.75) is 40.3 Å². The molecule has 1 fully saturated rings. The third kappa shape index (κ3) is 6.14. The molecular weight excluding hydrogens is 438 g/mol. The Balaban J connectivity index is 1.62. The second-order valence-corrected chi connectivity index (χ2v) is 8.92. The monoisotopic (exact) mass is 473 g/mol. The van der Waals surface area contributed by atoms with Crippen LogP contribution in [-0.4, -0.2) is 53.6 Å². The number of hydrogen-bond acceptors (Lipinski definition) is 8. The van der Waals surface area contributed by atoms with E-state index in [0.29, 0.717) is 25.1 Å². The minimum Gasteiger partial charge on any atom is -0.378 e. The number of nitrogens with one attached hydrogen (secondary N) is 1. The number of ether oxygens (including phenoxy) is 1. The first-order chi connectivity index (χ1) is 17.1. The lowest BCUT2D eigenvalue weighted by molar-refractivity contribution is 0.122. The van der Waals surface area contributed by atoms with E-state index in [-0.39, 0.29) is 0 Å². The number of hydrazone groups is 1. The maximum atomic E-state index is 5.59. The van der Waals surface area contributed by atoms with E-state index in [9.17, 15) is 0 Å². The van der Waals surface area contributed by atoms with Gasteiger partial charge in [0, 0.05) is 43.3 Å². The Kier molecular flexibility index (Phi) is 8.26. The standard InChI is InChI=1S/C27H35N7O/c1-5-21(4)25(10-11-28-6-2)34-18-23-24(19-34)30-27(31-26(23)33-12-14-35-15-13-33)32-29-17-22-9-7-8-20(3)16-22/h6-11,16-17,21H,2,5,12-15,18-19H2,1,3-4H3,(H,30,31,32)/b25-10+,28-11?,29-17+. The van der Waals surface area contributed by atoms with Gasteiger partial charge < -0.3 is 14.5 Å². The number of morpholine rings is 1. The maximum Gasteiger partial charge on any atom is 0.245 e. The number of aromatic nitrogens is 2. The van der Waals surface area contributed by atoms with Gasteiger partial charge >= 0.3 is 0 Å². The van der Waals surface area contributed by atoms with Gasteiger partial charge in [0.2, 0.25) is 5.95 Å². The number of rotatable bonds is 9. The van der Waals surface area contributed by atoms with Crippen LogP contribution < -0.4 is 10.3 Å². The second kappa shape index (κ2) is 11.8. The first kappa shape index (κ1) is 24.6. The van der Waals surface area contributed by atoms with Crippen molar-refractivity contribution < 1.29 is 4.74 Å². The van der Waals surface area contributed by atoms with Gasteiger partial charge in [-0.1, -0.05) is 50.3 Å². The van der Waals surface area contributed by atoms with Crippen molar-refractivity contribution in [3.05, 3.63) is 71.2 Å². The lowest BCUT2D eigenvalue weighted by Gasteiger charge is -2.30. The quantitative estimate of drug-likeness (QED) is 0.426. The summed E-state index contributed by atoms with van der Waals surface area (Å²) in [5.41, 5.74) is 8.75. The summed E-state index contributed by atoms with van der Waals surface area (Å²) >= 11 is 0. The molecule has 0 saturated carbocycles. The normalized spacial score (nSPS) is 17.3. The Morgan fingerprint density at radius 3 is 2.83 bits per heavy atom. The van der Waals surface area contributed by atoms with Crippen LogP contribution in [0.15, 0.2) is 58.9 Å². The van der Waals surface area contributed by atoms with Gasteiger partial charge in [-0.15, -0.1) is 0 Å². The number of nitrogens with zero attached hydrogens (tertiary/aromatic N) is 6. The van der Waals surface area contributed by atoms with Gasteiger partial charge in [0.25, 0.3) is 0 Å². The molecule has 4 rings (SSSR count). The molecule has 0 spiro atoms. The third-order valence-electron chi connectivity index (χ3n) is 6.41. The van der Waals surface area contributed by atoms with E-state index in [4.69, 9.17) is 14.7 Å². The van der Waals surface area contributed by atoms with Gasteiger partial charge in [0.05, 0.1) is 31.7 Å². The molecule has 1 atom stereocenters. The SMILES string of the molecule is C=CN=C/C=C(\C(C)CC)N1Cc2nc(N/N=C/c3cccc(C)c3)nc(N3CCOCC3)c2C1. The minimum absolute atomic E-state index is 0.400. The van der Waals surface area contributed by atoms with E-state index in [1.165, 1.54) is 16.8 Å². The van der Waals surface area contributed by atoms with Crippen LogP contribution in [0.5, 0.6) is 0 Å². The summed E-state index contributed by atoms with van der Waals surface area (Å²) in [7, 11) is 0. The van der Waals surface area contributed by atoms with E-state index in [2.05, 4.69) is 70.9 Å². The van der Waals surface area contributed by atoms with Crippen LogP contribution in [-0.2, 0) is 17.8 Å². The zero-order valence-electron chi connectivity index (χ0n) is 20.9. The first-order valence-corrected chi connectivity index (χ1v) is 12.3. The van der Waals surface area contributed by atoms with Gasteiger partial charge in [-0.3, -0.25) is 4.99 Å². The molecule has 0 radical (unpaired) electrons. The highest BCUT2D eigenvalue weighted by Crippen LogP contribution is 2.35. The lowest BCUT2D eigenvalue weighted by Crippen LogP contribution is -2.37. The molecule has 3 heterocycles. The fourth-order valence-electron chi connectivity index (χ4n) is 4.39. The molecule has 1 aromatic heterocycles. The third-order valence-corrected chi connectivity index (χ3v) is 6.41. The number of fused-ring (bicyclic) bond motifs is 1. The zero-order chi connectivity index (χ0) is 24.6. The van der Waals surface area contributed by atoms with Gasteiger partial charge in [-0.2, -0.15) is 10.1 Å². The van der Waals surface area contributed by atoms with Crippen molar-refractivity contribution in [1.82, 2.24) is 14.9 Å². The number of aliphatic imine (C=N–C) groups is 1. The van der Waals surface area contributed by atoms with Crippen molar-refractivity contribution in [3.63, 3.8) is 0 Å². The van der Waals surface area contributed by atoms with Crippen LogP contribution >= 0.6 is 0 Å². The molecule has 8 nitrogen and oxygen atoms in total. The van der Waals surface area contributed by atoms with Crippen molar-refractivity contribution in [1.29, 1.82) is 0 Å². The molecule has 0 amide bonds. The van der Waals surface area contributed by atoms with Crippen LogP contribution in [0.1, 0.15) is 42.7 Å². The summed E-state index contributed by atoms with van der Waals surface area (Å²) in [6.45, 7) is 14.7. The van der Waals surface area contributed by atoms with Crippen molar-refractivity contribution >= 4 is 24.2 Å². The molecule has 2 aliphatic heterocycles.